The maximum Gasteiger partial charge on any atom is 0.136 e. The van der Waals surface area contributed by atoms with Gasteiger partial charge in [-0.05, 0) is 38.8 Å². The predicted molar refractivity (Wildman–Crippen MR) is 121 cm³/mol. The summed E-state index contributed by atoms with van der Waals surface area (Å²) in [6.07, 6.45) is 2.43. The molecule has 0 aromatic carbocycles. The van der Waals surface area contributed by atoms with Crippen LogP contribution < -0.4 is 11.5 Å². The Morgan fingerprint density at radius 2 is 1.61 bits per heavy atom. The van der Waals surface area contributed by atoms with Crippen LogP contribution in [0.25, 0.3) is 20.3 Å². The van der Waals surface area contributed by atoms with Crippen molar-refractivity contribution in [3.8, 4) is 0 Å². The number of thiophene rings is 2. The molecule has 0 bridgehead atoms. The molecule has 0 atom stereocenters. The molecule has 0 aliphatic carbocycles. The van der Waals surface area contributed by atoms with E-state index < -0.39 is 0 Å². The summed E-state index contributed by atoms with van der Waals surface area (Å²) in [4.78, 5) is 14.8. The molecule has 0 amide bonds. The van der Waals surface area contributed by atoms with Gasteiger partial charge in [-0.3, -0.25) is 0 Å². The molecule has 0 fully saturated rings. The Morgan fingerprint density at radius 1 is 0.893 bits per heavy atom. The molecular formula is C21H25N5S2. The summed E-state index contributed by atoms with van der Waals surface area (Å²) in [5, 5.41) is 6.36. The molecule has 0 aliphatic rings. The van der Waals surface area contributed by atoms with E-state index in [1.807, 2.05) is 6.07 Å². The summed E-state index contributed by atoms with van der Waals surface area (Å²) >= 11 is 3.33. The minimum absolute atomic E-state index is 0.0106. The summed E-state index contributed by atoms with van der Waals surface area (Å²) < 4.78 is 1.15. The molecule has 7 heteroatoms. The lowest BCUT2D eigenvalue weighted by molar-refractivity contribution is 0.514. The van der Waals surface area contributed by atoms with Gasteiger partial charge in [-0.15, -0.1) is 22.7 Å². The van der Waals surface area contributed by atoms with Crippen LogP contribution in [-0.2, 0) is 17.3 Å². The molecule has 4 aromatic rings. The van der Waals surface area contributed by atoms with Crippen molar-refractivity contribution in [3.63, 3.8) is 0 Å². The van der Waals surface area contributed by atoms with E-state index in [1.165, 1.54) is 11.1 Å². The van der Waals surface area contributed by atoms with E-state index in [4.69, 9.17) is 16.5 Å². The fraction of sp³-hybridized carbons (Fsp3) is 0.381. The fourth-order valence-corrected chi connectivity index (χ4v) is 5.99. The zero-order valence-electron chi connectivity index (χ0n) is 16.8. The predicted octanol–water partition coefficient (Wildman–Crippen LogP) is 5.28. The zero-order valence-corrected chi connectivity index (χ0v) is 18.5. The quantitative estimate of drug-likeness (QED) is 0.478. The first-order valence-corrected chi connectivity index (χ1v) is 11.0. The number of pyridine rings is 1. The van der Waals surface area contributed by atoms with Gasteiger partial charge in [-0.25, -0.2) is 15.0 Å². The number of nitrogens with zero attached hydrogens (tertiary/aromatic N) is 3. The van der Waals surface area contributed by atoms with Crippen molar-refractivity contribution in [3.05, 3.63) is 40.0 Å². The van der Waals surface area contributed by atoms with Crippen LogP contribution in [0.1, 0.15) is 51.6 Å². The number of rotatable bonds is 3. The highest BCUT2D eigenvalue weighted by atomic mass is 32.1. The molecule has 4 rings (SSSR count). The Labute approximate surface area is 172 Å². The van der Waals surface area contributed by atoms with Crippen LogP contribution >= 0.6 is 22.7 Å². The summed E-state index contributed by atoms with van der Waals surface area (Å²) in [5.41, 5.74) is 14.8. The van der Waals surface area contributed by atoms with Crippen molar-refractivity contribution in [2.45, 2.75) is 51.9 Å². The standard InChI is InChI=1S/C21H25N5S2/c1-20(2,3)11-9-28-19-16(11)18(23)25-14(26-19)8-21(4,5)12-10-27-13-6-7-24-17(22)15(12)13/h6-7,9-10H,8H2,1-5H3,(H2,22,24)(H2,23,25,26). The van der Waals surface area contributed by atoms with Crippen molar-refractivity contribution in [2.24, 2.45) is 0 Å². The van der Waals surface area contributed by atoms with Crippen molar-refractivity contribution in [1.82, 2.24) is 15.0 Å². The molecule has 5 nitrogen and oxygen atoms in total. The van der Waals surface area contributed by atoms with E-state index in [1.54, 1.807) is 28.9 Å². The number of anilines is 2. The monoisotopic (exact) mass is 411 g/mol. The lowest BCUT2D eigenvalue weighted by Gasteiger charge is -2.24. The Hall–Kier alpha value is -2.25. The molecule has 0 saturated heterocycles. The van der Waals surface area contributed by atoms with Crippen LogP contribution in [0, 0.1) is 0 Å². The Kier molecular flexibility index (Phi) is 4.35. The van der Waals surface area contributed by atoms with E-state index in [0.29, 0.717) is 18.1 Å². The lowest BCUT2D eigenvalue weighted by Crippen LogP contribution is -2.22. The van der Waals surface area contributed by atoms with Gasteiger partial charge in [-0.1, -0.05) is 34.6 Å². The normalized spacial score (nSPS) is 12.9. The van der Waals surface area contributed by atoms with Crippen molar-refractivity contribution in [2.75, 3.05) is 11.5 Å². The molecule has 0 aliphatic heterocycles. The minimum Gasteiger partial charge on any atom is -0.383 e. The third kappa shape index (κ3) is 3.12. The van der Waals surface area contributed by atoms with Crippen LogP contribution in [0.4, 0.5) is 11.6 Å². The van der Waals surface area contributed by atoms with Crippen molar-refractivity contribution in [1.29, 1.82) is 0 Å². The largest absolute Gasteiger partial charge is 0.383 e. The number of aromatic nitrogens is 3. The van der Waals surface area contributed by atoms with E-state index in [0.717, 1.165) is 26.1 Å². The van der Waals surface area contributed by atoms with Gasteiger partial charge in [0.1, 0.15) is 22.3 Å². The second-order valence-corrected chi connectivity index (χ2v) is 10.7. The minimum atomic E-state index is -0.195. The average Bonchev–Trinajstić information content (AvgIpc) is 3.19. The molecule has 0 spiro atoms. The van der Waals surface area contributed by atoms with Crippen LogP contribution in [0.3, 0.4) is 0 Å². The first-order valence-electron chi connectivity index (χ1n) is 9.24. The third-order valence-electron chi connectivity index (χ3n) is 5.16. The summed E-state index contributed by atoms with van der Waals surface area (Å²) in [6, 6.07) is 2.01. The van der Waals surface area contributed by atoms with E-state index in [2.05, 4.69) is 55.3 Å². The second-order valence-electron chi connectivity index (χ2n) is 8.88. The summed E-state index contributed by atoms with van der Waals surface area (Å²) in [6.45, 7) is 10.9. The molecule has 0 saturated carbocycles. The molecule has 4 N–H and O–H groups in total. The van der Waals surface area contributed by atoms with Gasteiger partial charge in [0.15, 0.2) is 0 Å². The van der Waals surface area contributed by atoms with E-state index in [9.17, 15) is 0 Å². The lowest BCUT2D eigenvalue weighted by atomic mass is 9.81. The second kappa shape index (κ2) is 6.39. The molecule has 4 aromatic heterocycles. The van der Waals surface area contributed by atoms with Gasteiger partial charge in [-0.2, -0.15) is 0 Å². The van der Waals surface area contributed by atoms with Crippen LogP contribution in [-0.4, -0.2) is 15.0 Å². The molecule has 146 valence electrons. The van der Waals surface area contributed by atoms with Gasteiger partial charge in [0.05, 0.1) is 5.39 Å². The zero-order chi connectivity index (χ0) is 20.3. The van der Waals surface area contributed by atoms with Crippen LogP contribution in [0.15, 0.2) is 23.0 Å². The topological polar surface area (TPSA) is 90.7 Å². The van der Waals surface area contributed by atoms with Crippen molar-refractivity contribution >= 4 is 54.6 Å². The SMILES string of the molecule is CC(C)(C)c1csc2nc(CC(C)(C)c3csc4ccnc(N)c34)nc(N)c12. The third-order valence-corrected chi connectivity index (χ3v) is 6.98. The van der Waals surface area contributed by atoms with Gasteiger partial charge >= 0.3 is 0 Å². The Morgan fingerprint density at radius 3 is 2.32 bits per heavy atom. The molecule has 28 heavy (non-hydrogen) atoms. The fourth-order valence-electron chi connectivity index (χ4n) is 3.64. The van der Waals surface area contributed by atoms with Gasteiger partial charge < -0.3 is 11.5 Å². The highest BCUT2D eigenvalue weighted by Crippen LogP contribution is 2.40. The number of hydrogen-bond donors (Lipinski definition) is 2. The maximum absolute atomic E-state index is 6.38. The maximum atomic E-state index is 6.38. The molecule has 0 radical (unpaired) electrons. The number of fused-ring (bicyclic) bond motifs is 2. The number of hydrogen-bond acceptors (Lipinski definition) is 7. The summed E-state index contributed by atoms with van der Waals surface area (Å²) in [7, 11) is 0. The number of nitrogens with two attached hydrogens (primary N) is 2. The highest BCUT2D eigenvalue weighted by Gasteiger charge is 2.28. The van der Waals surface area contributed by atoms with Crippen LogP contribution in [0.2, 0.25) is 0 Å². The Balaban J connectivity index is 1.77. The average molecular weight is 412 g/mol. The van der Waals surface area contributed by atoms with Gasteiger partial charge in [0.2, 0.25) is 0 Å². The Bertz CT molecular complexity index is 1180. The van der Waals surface area contributed by atoms with Gasteiger partial charge in [0.25, 0.3) is 0 Å². The smallest absolute Gasteiger partial charge is 0.136 e. The highest BCUT2D eigenvalue weighted by molar-refractivity contribution is 7.17. The summed E-state index contributed by atoms with van der Waals surface area (Å²) in [5.74, 6) is 1.91. The first kappa shape index (κ1) is 19.1. The van der Waals surface area contributed by atoms with Crippen molar-refractivity contribution < 1.29 is 0 Å². The molecule has 4 heterocycles. The first-order chi connectivity index (χ1) is 13.1. The molecule has 0 unspecified atom stereocenters. The van der Waals surface area contributed by atoms with E-state index in [-0.39, 0.29) is 10.8 Å². The van der Waals surface area contributed by atoms with E-state index >= 15 is 0 Å². The molecular weight excluding hydrogens is 386 g/mol. The van der Waals surface area contributed by atoms with Gasteiger partial charge in [0, 0.05) is 22.7 Å². The van der Waals surface area contributed by atoms with Crippen LogP contribution in [0.5, 0.6) is 0 Å². The number of nitrogen functional groups attached to an aromatic ring is 2.